The smallest absolute Gasteiger partial charge is 0.258 e. The van der Waals surface area contributed by atoms with Gasteiger partial charge in [-0.05, 0) is 36.8 Å². The predicted molar refractivity (Wildman–Crippen MR) is 110 cm³/mol. The largest absolute Gasteiger partial charge is 0.318 e. The first-order chi connectivity index (χ1) is 13.0. The lowest BCUT2D eigenvalue weighted by Crippen LogP contribution is -2.55. The van der Waals surface area contributed by atoms with Crippen molar-refractivity contribution in [2.75, 3.05) is 18.4 Å². The average molecular weight is 422 g/mol. The summed E-state index contributed by atoms with van der Waals surface area (Å²) in [4.78, 5) is 23.5. The summed E-state index contributed by atoms with van der Waals surface area (Å²) in [6.07, 6.45) is 1.64. The zero-order valence-electron chi connectivity index (χ0n) is 14.4. The van der Waals surface area contributed by atoms with Gasteiger partial charge in [0.05, 0.1) is 15.8 Å². The van der Waals surface area contributed by atoms with Gasteiger partial charge in [0, 0.05) is 19.3 Å². The third kappa shape index (κ3) is 3.73. The fraction of sp³-hybridized carbons (Fsp3) is 0.278. The summed E-state index contributed by atoms with van der Waals surface area (Å²) in [5.74, 6) is 0.238. The predicted octanol–water partition coefficient (Wildman–Crippen LogP) is 3.92. The number of benzene rings is 1. The van der Waals surface area contributed by atoms with Crippen molar-refractivity contribution in [2.45, 2.75) is 17.9 Å². The highest BCUT2D eigenvalue weighted by molar-refractivity contribution is 7.22. The molecule has 9 heteroatoms. The number of halogens is 2. The van der Waals surface area contributed by atoms with Crippen LogP contribution in [0.1, 0.15) is 15.9 Å². The van der Waals surface area contributed by atoms with Crippen LogP contribution in [0.4, 0.5) is 10.9 Å². The second kappa shape index (κ2) is 7.59. The number of carbonyl (C=O) groups is 1. The quantitative estimate of drug-likeness (QED) is 0.495. The van der Waals surface area contributed by atoms with Crippen LogP contribution >= 0.6 is 34.5 Å². The van der Waals surface area contributed by atoms with Crippen LogP contribution in [0.25, 0.3) is 10.2 Å². The van der Waals surface area contributed by atoms with E-state index in [4.69, 9.17) is 23.2 Å². The molecule has 2 unspecified atom stereocenters. The van der Waals surface area contributed by atoms with Crippen LogP contribution in [0.5, 0.6) is 0 Å². The molecule has 27 heavy (non-hydrogen) atoms. The number of hydrogen-bond acceptors (Lipinski definition) is 6. The van der Waals surface area contributed by atoms with Gasteiger partial charge in [0.1, 0.15) is 16.8 Å². The molecule has 1 aliphatic heterocycles. The van der Waals surface area contributed by atoms with Gasteiger partial charge in [-0.3, -0.25) is 10.1 Å². The van der Waals surface area contributed by atoms with E-state index in [1.807, 2.05) is 25.1 Å². The fourth-order valence-electron chi connectivity index (χ4n) is 2.94. The number of hydrogen-bond donors (Lipinski definition) is 2. The Kier molecular flexibility index (Phi) is 5.19. The summed E-state index contributed by atoms with van der Waals surface area (Å²) in [5, 5.41) is 6.91. The minimum Gasteiger partial charge on any atom is -0.318 e. The molecule has 0 spiro atoms. The minimum absolute atomic E-state index is 0.213. The minimum atomic E-state index is -0.633. The van der Waals surface area contributed by atoms with Crippen LogP contribution in [-0.2, 0) is 0 Å². The molecule has 0 aliphatic carbocycles. The summed E-state index contributed by atoms with van der Waals surface area (Å²) < 4.78 is 1.07. The van der Waals surface area contributed by atoms with Crippen LogP contribution in [0.15, 0.2) is 36.5 Å². The molecule has 0 saturated carbocycles. The van der Waals surface area contributed by atoms with Gasteiger partial charge in [-0.1, -0.05) is 29.0 Å². The van der Waals surface area contributed by atoms with Gasteiger partial charge in [0.25, 0.3) is 5.91 Å². The van der Waals surface area contributed by atoms with E-state index >= 15 is 0 Å². The Morgan fingerprint density at radius 2 is 2.22 bits per heavy atom. The molecule has 6 nitrogen and oxygen atoms in total. The van der Waals surface area contributed by atoms with Crippen molar-refractivity contribution in [2.24, 2.45) is 0 Å². The summed E-state index contributed by atoms with van der Waals surface area (Å²) in [7, 11) is 0. The fourth-order valence-corrected chi connectivity index (χ4v) is 4.31. The Morgan fingerprint density at radius 1 is 1.37 bits per heavy atom. The number of amides is 1. The standard InChI is InChI=1S/C18H17Cl2N5OS/c1-10-4-5-13-12(9-10)23-18(27-13)24-16-11(3-2-6-22-16)17(26)25-8-7-21-14(19)15(25)20/h2-6,9,14-15,21H,7-8H2,1H3,(H,22,23,24). The monoisotopic (exact) mass is 421 g/mol. The molecule has 1 fully saturated rings. The molecule has 0 radical (unpaired) electrons. The Balaban J connectivity index is 1.63. The molecule has 140 valence electrons. The van der Waals surface area contributed by atoms with Crippen LogP contribution in [0.3, 0.4) is 0 Å². The van der Waals surface area contributed by atoms with Crippen molar-refractivity contribution < 1.29 is 4.79 Å². The number of thiazole rings is 1. The number of anilines is 2. The van der Waals surface area contributed by atoms with Crippen molar-refractivity contribution >= 4 is 61.6 Å². The van der Waals surface area contributed by atoms with E-state index in [9.17, 15) is 4.79 Å². The summed E-state index contributed by atoms with van der Waals surface area (Å²) in [6, 6.07) is 9.57. The maximum absolute atomic E-state index is 13.0. The van der Waals surface area contributed by atoms with Gasteiger partial charge in [-0.2, -0.15) is 0 Å². The number of aromatic nitrogens is 2. The lowest BCUT2D eigenvalue weighted by molar-refractivity contribution is 0.0694. The third-order valence-electron chi connectivity index (χ3n) is 4.30. The molecule has 3 heterocycles. The highest BCUT2D eigenvalue weighted by atomic mass is 35.5. The molecule has 1 saturated heterocycles. The van der Waals surface area contributed by atoms with Gasteiger partial charge >= 0.3 is 0 Å². The molecule has 0 bridgehead atoms. The highest BCUT2D eigenvalue weighted by Gasteiger charge is 2.33. The Bertz CT molecular complexity index is 995. The maximum Gasteiger partial charge on any atom is 0.258 e. The number of nitrogens with one attached hydrogen (secondary N) is 2. The highest BCUT2D eigenvalue weighted by Crippen LogP contribution is 2.30. The van der Waals surface area contributed by atoms with E-state index < -0.39 is 11.0 Å². The number of aryl methyl sites for hydroxylation is 1. The number of rotatable bonds is 3. The van der Waals surface area contributed by atoms with E-state index in [1.54, 1.807) is 23.2 Å². The molecule has 2 aromatic heterocycles. The number of piperazine rings is 1. The normalized spacial score (nSPS) is 20.0. The van der Waals surface area contributed by atoms with Crippen molar-refractivity contribution in [3.63, 3.8) is 0 Å². The molecule has 2 atom stereocenters. The maximum atomic E-state index is 13.0. The van der Waals surface area contributed by atoms with E-state index in [0.717, 1.165) is 15.8 Å². The van der Waals surface area contributed by atoms with Crippen molar-refractivity contribution in [1.82, 2.24) is 20.2 Å². The first-order valence-corrected chi connectivity index (χ1v) is 10.1. The molecular weight excluding hydrogens is 405 g/mol. The Labute approximate surface area is 170 Å². The van der Waals surface area contributed by atoms with Crippen molar-refractivity contribution in [3.8, 4) is 0 Å². The van der Waals surface area contributed by atoms with E-state index in [0.29, 0.717) is 29.6 Å². The molecule has 3 aromatic rings. The second-order valence-corrected chi connectivity index (χ2v) is 8.19. The average Bonchev–Trinajstić information content (AvgIpc) is 3.05. The lowest BCUT2D eigenvalue weighted by atomic mass is 10.2. The Hall–Kier alpha value is -1.93. The number of pyridine rings is 1. The number of nitrogens with zero attached hydrogens (tertiary/aromatic N) is 3. The SMILES string of the molecule is Cc1ccc2sc(Nc3ncccc3C(=O)N3CCNC(Cl)C3Cl)nc2c1. The molecule has 1 aliphatic rings. The van der Waals surface area contributed by atoms with E-state index in [-0.39, 0.29) is 5.91 Å². The second-order valence-electron chi connectivity index (χ2n) is 6.24. The first kappa shape index (κ1) is 18.4. The van der Waals surface area contributed by atoms with Crippen LogP contribution in [-0.4, -0.2) is 44.9 Å². The number of fused-ring (bicyclic) bond motifs is 1. The Morgan fingerprint density at radius 3 is 3.07 bits per heavy atom. The van der Waals surface area contributed by atoms with Crippen LogP contribution < -0.4 is 10.6 Å². The van der Waals surface area contributed by atoms with Gasteiger partial charge < -0.3 is 10.2 Å². The van der Waals surface area contributed by atoms with E-state index in [1.165, 1.54) is 11.3 Å². The number of alkyl halides is 2. The van der Waals surface area contributed by atoms with Gasteiger partial charge in [0.15, 0.2) is 5.13 Å². The number of carbonyl (C=O) groups excluding carboxylic acids is 1. The zero-order valence-corrected chi connectivity index (χ0v) is 16.8. The zero-order chi connectivity index (χ0) is 19.0. The lowest BCUT2D eigenvalue weighted by Gasteiger charge is -2.35. The van der Waals surface area contributed by atoms with Crippen LogP contribution in [0.2, 0.25) is 0 Å². The molecule has 2 N–H and O–H groups in total. The summed E-state index contributed by atoms with van der Waals surface area (Å²) in [6.45, 7) is 3.09. The molecular formula is C18H17Cl2N5OS. The van der Waals surface area contributed by atoms with Gasteiger partial charge in [-0.25, -0.2) is 9.97 Å². The first-order valence-electron chi connectivity index (χ1n) is 8.44. The molecule has 4 rings (SSSR count). The van der Waals surface area contributed by atoms with Gasteiger partial charge in [-0.15, -0.1) is 11.6 Å². The molecule has 1 aromatic carbocycles. The van der Waals surface area contributed by atoms with Gasteiger partial charge in [0.2, 0.25) is 0 Å². The van der Waals surface area contributed by atoms with Crippen molar-refractivity contribution in [1.29, 1.82) is 0 Å². The topological polar surface area (TPSA) is 70.2 Å². The van der Waals surface area contributed by atoms with E-state index in [2.05, 4.69) is 20.6 Å². The van der Waals surface area contributed by atoms with Crippen LogP contribution in [0, 0.1) is 6.92 Å². The molecule has 1 amide bonds. The third-order valence-corrected chi connectivity index (χ3v) is 6.26. The summed E-state index contributed by atoms with van der Waals surface area (Å²) >= 11 is 14.0. The van der Waals surface area contributed by atoms with Crippen molar-refractivity contribution in [3.05, 3.63) is 47.7 Å². The summed E-state index contributed by atoms with van der Waals surface area (Å²) in [5.41, 5.74) is 1.37.